The van der Waals surface area contributed by atoms with Gasteiger partial charge in [-0.2, -0.15) is 0 Å². The molecule has 0 aromatic heterocycles. The van der Waals surface area contributed by atoms with E-state index in [-0.39, 0.29) is 19.8 Å². The number of ether oxygens (including phenoxy) is 4. The van der Waals surface area contributed by atoms with Crippen molar-refractivity contribution < 1.29 is 29.2 Å². The molecular formula is C12H16O6. The van der Waals surface area contributed by atoms with Gasteiger partial charge in [-0.3, -0.25) is 0 Å². The standard InChI is InChI=1S/C12H16O6/c1-15-10-7(3-8(14)5-13)4-9-11(12(10)16-2)18-6-17-9/h4,8,13-14H,3,5-6H2,1-2H3. The first-order valence-electron chi connectivity index (χ1n) is 5.53. The average Bonchev–Trinajstić information content (AvgIpc) is 2.84. The fourth-order valence-corrected chi connectivity index (χ4v) is 1.93. The number of fused-ring (bicyclic) bond motifs is 1. The zero-order chi connectivity index (χ0) is 13.1. The zero-order valence-corrected chi connectivity index (χ0v) is 10.3. The Kier molecular flexibility index (Phi) is 3.78. The minimum atomic E-state index is -0.857. The normalized spacial score (nSPS) is 14.4. The summed E-state index contributed by atoms with van der Waals surface area (Å²) in [4.78, 5) is 0. The van der Waals surface area contributed by atoms with Crippen molar-refractivity contribution in [2.75, 3.05) is 27.6 Å². The Bertz CT molecular complexity index is 431. The van der Waals surface area contributed by atoms with Gasteiger partial charge in [0.05, 0.1) is 26.9 Å². The van der Waals surface area contributed by atoms with Crippen molar-refractivity contribution in [2.45, 2.75) is 12.5 Å². The van der Waals surface area contributed by atoms with Gasteiger partial charge in [-0.25, -0.2) is 0 Å². The minimum Gasteiger partial charge on any atom is -0.492 e. The van der Waals surface area contributed by atoms with Crippen LogP contribution in [0.2, 0.25) is 0 Å². The van der Waals surface area contributed by atoms with Crippen molar-refractivity contribution in [1.29, 1.82) is 0 Å². The SMILES string of the molecule is COc1c(CC(O)CO)cc2c(c1OC)OCO2. The molecule has 6 heteroatoms. The summed E-state index contributed by atoms with van der Waals surface area (Å²) in [5.74, 6) is 1.96. The minimum absolute atomic E-state index is 0.126. The van der Waals surface area contributed by atoms with Crippen molar-refractivity contribution in [3.63, 3.8) is 0 Å². The highest BCUT2D eigenvalue weighted by atomic mass is 16.7. The number of hydrogen-bond acceptors (Lipinski definition) is 6. The van der Waals surface area contributed by atoms with Crippen LogP contribution in [-0.4, -0.2) is 43.9 Å². The molecule has 0 radical (unpaired) electrons. The van der Waals surface area contributed by atoms with Crippen molar-refractivity contribution in [1.82, 2.24) is 0 Å². The Hall–Kier alpha value is -1.66. The fraction of sp³-hybridized carbons (Fsp3) is 0.500. The van der Waals surface area contributed by atoms with E-state index in [9.17, 15) is 5.11 Å². The van der Waals surface area contributed by atoms with Gasteiger partial charge in [-0.15, -0.1) is 0 Å². The van der Waals surface area contributed by atoms with E-state index in [0.717, 1.165) is 0 Å². The Balaban J connectivity index is 2.45. The van der Waals surface area contributed by atoms with Crippen LogP contribution in [0.25, 0.3) is 0 Å². The third-order valence-electron chi connectivity index (χ3n) is 2.73. The van der Waals surface area contributed by atoms with E-state index >= 15 is 0 Å². The van der Waals surface area contributed by atoms with Crippen LogP contribution in [-0.2, 0) is 6.42 Å². The maximum atomic E-state index is 9.53. The lowest BCUT2D eigenvalue weighted by Crippen LogP contribution is -2.15. The zero-order valence-electron chi connectivity index (χ0n) is 10.3. The smallest absolute Gasteiger partial charge is 0.231 e. The summed E-state index contributed by atoms with van der Waals surface area (Å²) in [5.41, 5.74) is 0.695. The van der Waals surface area contributed by atoms with Gasteiger partial charge in [0.2, 0.25) is 18.3 Å². The number of methoxy groups -OCH3 is 2. The number of aliphatic hydroxyl groups excluding tert-OH is 2. The van der Waals surface area contributed by atoms with E-state index in [4.69, 9.17) is 24.1 Å². The molecule has 6 nitrogen and oxygen atoms in total. The Morgan fingerprint density at radius 3 is 2.61 bits per heavy atom. The maximum absolute atomic E-state index is 9.53. The second-order valence-corrected chi connectivity index (χ2v) is 3.88. The van der Waals surface area contributed by atoms with E-state index in [1.807, 2.05) is 0 Å². The molecule has 1 aliphatic heterocycles. The molecule has 2 N–H and O–H groups in total. The molecule has 1 unspecified atom stereocenters. The Morgan fingerprint density at radius 1 is 1.28 bits per heavy atom. The third kappa shape index (κ3) is 2.16. The molecule has 0 fully saturated rings. The average molecular weight is 256 g/mol. The molecule has 1 aromatic rings. The molecule has 1 atom stereocenters. The van der Waals surface area contributed by atoms with Gasteiger partial charge in [0.25, 0.3) is 0 Å². The van der Waals surface area contributed by atoms with E-state index < -0.39 is 6.10 Å². The first kappa shape index (κ1) is 12.8. The van der Waals surface area contributed by atoms with Gasteiger partial charge >= 0.3 is 0 Å². The summed E-state index contributed by atoms with van der Waals surface area (Å²) in [5, 5.41) is 18.4. The lowest BCUT2D eigenvalue weighted by atomic mass is 10.1. The molecular weight excluding hydrogens is 240 g/mol. The van der Waals surface area contributed by atoms with Crippen molar-refractivity contribution in [2.24, 2.45) is 0 Å². The van der Waals surface area contributed by atoms with Crippen LogP contribution in [0.4, 0.5) is 0 Å². The van der Waals surface area contributed by atoms with Crippen LogP contribution in [0.15, 0.2) is 6.07 Å². The van der Waals surface area contributed by atoms with Crippen molar-refractivity contribution >= 4 is 0 Å². The van der Waals surface area contributed by atoms with Gasteiger partial charge in [-0.05, 0) is 6.07 Å². The van der Waals surface area contributed by atoms with E-state index in [0.29, 0.717) is 28.6 Å². The predicted octanol–water partition coefficient (Wildman–Crippen LogP) is 0.328. The molecule has 0 spiro atoms. The molecule has 0 bridgehead atoms. The number of benzene rings is 1. The number of aliphatic hydroxyl groups is 2. The van der Waals surface area contributed by atoms with E-state index in [1.54, 1.807) is 6.07 Å². The van der Waals surface area contributed by atoms with E-state index in [1.165, 1.54) is 14.2 Å². The van der Waals surface area contributed by atoms with Gasteiger partial charge in [0.15, 0.2) is 11.5 Å². The number of rotatable bonds is 5. The monoisotopic (exact) mass is 256 g/mol. The molecule has 0 amide bonds. The van der Waals surface area contributed by atoms with Crippen molar-refractivity contribution in [3.8, 4) is 23.0 Å². The third-order valence-corrected chi connectivity index (χ3v) is 2.73. The highest BCUT2D eigenvalue weighted by Crippen LogP contribution is 2.49. The highest BCUT2D eigenvalue weighted by molar-refractivity contribution is 5.63. The second-order valence-electron chi connectivity index (χ2n) is 3.88. The molecule has 100 valence electrons. The van der Waals surface area contributed by atoms with Gasteiger partial charge in [-0.1, -0.05) is 0 Å². The molecule has 2 rings (SSSR count). The van der Waals surface area contributed by atoms with Crippen LogP contribution in [0, 0.1) is 0 Å². The largest absolute Gasteiger partial charge is 0.492 e. The number of hydrogen-bond donors (Lipinski definition) is 2. The van der Waals surface area contributed by atoms with Gasteiger partial charge in [0, 0.05) is 12.0 Å². The summed E-state index contributed by atoms with van der Waals surface area (Å²) in [7, 11) is 3.01. The van der Waals surface area contributed by atoms with Crippen molar-refractivity contribution in [3.05, 3.63) is 11.6 Å². The maximum Gasteiger partial charge on any atom is 0.231 e. The van der Waals surface area contributed by atoms with E-state index in [2.05, 4.69) is 0 Å². The lowest BCUT2D eigenvalue weighted by molar-refractivity contribution is 0.0948. The first-order chi connectivity index (χ1) is 8.71. The molecule has 1 heterocycles. The fourth-order valence-electron chi connectivity index (χ4n) is 1.93. The summed E-state index contributed by atoms with van der Waals surface area (Å²) >= 11 is 0. The molecule has 0 saturated carbocycles. The highest BCUT2D eigenvalue weighted by Gasteiger charge is 2.26. The summed E-state index contributed by atoms with van der Waals surface area (Å²) in [6.45, 7) is -0.194. The molecule has 1 aromatic carbocycles. The van der Waals surface area contributed by atoms with Crippen LogP contribution < -0.4 is 18.9 Å². The molecule has 0 aliphatic carbocycles. The Labute approximate surface area is 105 Å². The first-order valence-corrected chi connectivity index (χ1v) is 5.53. The lowest BCUT2D eigenvalue weighted by Gasteiger charge is -2.16. The topological polar surface area (TPSA) is 77.4 Å². The Morgan fingerprint density at radius 2 is 2.00 bits per heavy atom. The second kappa shape index (κ2) is 5.32. The van der Waals surface area contributed by atoms with Crippen LogP contribution in [0.1, 0.15) is 5.56 Å². The van der Waals surface area contributed by atoms with Crippen LogP contribution in [0.3, 0.4) is 0 Å². The summed E-state index contributed by atoms with van der Waals surface area (Å²) in [6, 6.07) is 1.72. The van der Waals surface area contributed by atoms with Crippen LogP contribution >= 0.6 is 0 Å². The summed E-state index contributed by atoms with van der Waals surface area (Å²) in [6.07, 6.45) is -0.615. The molecule has 0 saturated heterocycles. The predicted molar refractivity (Wildman–Crippen MR) is 62.5 cm³/mol. The molecule has 1 aliphatic rings. The quantitative estimate of drug-likeness (QED) is 0.790. The summed E-state index contributed by atoms with van der Waals surface area (Å²) < 4.78 is 21.2. The van der Waals surface area contributed by atoms with Crippen LogP contribution in [0.5, 0.6) is 23.0 Å². The molecule has 18 heavy (non-hydrogen) atoms. The van der Waals surface area contributed by atoms with Gasteiger partial charge in [0.1, 0.15) is 0 Å². The van der Waals surface area contributed by atoms with Gasteiger partial charge < -0.3 is 29.2 Å².